The third-order valence-electron chi connectivity index (χ3n) is 14.4. The van der Waals surface area contributed by atoms with Crippen LogP contribution in [0.4, 0.5) is 0 Å². The molecular formula is C53H70N8O8. The Labute approximate surface area is 405 Å². The van der Waals surface area contributed by atoms with Gasteiger partial charge >= 0.3 is 5.97 Å². The minimum absolute atomic E-state index is 0.000214. The minimum Gasteiger partial charge on any atom is -0.508 e. The first-order valence-corrected chi connectivity index (χ1v) is 24.8. The molecule has 0 radical (unpaired) electrons. The smallest absolute Gasteiger partial charge is 0.324 e. The van der Waals surface area contributed by atoms with Crippen molar-refractivity contribution >= 4 is 40.5 Å². The minimum atomic E-state index is -1.15. The van der Waals surface area contributed by atoms with Crippen molar-refractivity contribution in [3.8, 4) is 28.1 Å². The van der Waals surface area contributed by atoms with Gasteiger partial charge in [-0.1, -0.05) is 39.8 Å². The van der Waals surface area contributed by atoms with Gasteiger partial charge in [-0.15, -0.1) is 0 Å². The number of methoxy groups -OCH3 is 1. The van der Waals surface area contributed by atoms with Gasteiger partial charge in [0.2, 0.25) is 17.7 Å². The summed E-state index contributed by atoms with van der Waals surface area (Å²) < 4.78 is 14.0. The van der Waals surface area contributed by atoms with Crippen molar-refractivity contribution in [2.45, 2.75) is 111 Å². The molecule has 69 heavy (non-hydrogen) atoms. The Morgan fingerprint density at radius 1 is 1.01 bits per heavy atom. The Balaban J connectivity index is 1.14. The number of fused-ring (bicyclic) bond motifs is 6. The number of amides is 4. The van der Waals surface area contributed by atoms with E-state index >= 15 is 0 Å². The maximum Gasteiger partial charge on any atom is 0.324 e. The summed E-state index contributed by atoms with van der Waals surface area (Å²) in [7, 11) is 3.29. The number of rotatable bonds is 11. The number of hydrogen-bond donors (Lipinski definition) is 3. The lowest BCUT2D eigenvalue weighted by atomic mass is 9.84. The maximum absolute atomic E-state index is 14.8. The highest BCUT2D eigenvalue weighted by Gasteiger charge is 2.41. The number of aromatic hydroxyl groups is 1. The molecule has 6 heterocycles. The quantitative estimate of drug-likeness (QED) is 0.166. The van der Waals surface area contributed by atoms with E-state index in [1.807, 2.05) is 38.2 Å². The van der Waals surface area contributed by atoms with Crippen LogP contribution in [0.5, 0.6) is 5.75 Å². The number of phenols is 1. The number of aryl methyl sites for hydroxylation is 1. The summed E-state index contributed by atoms with van der Waals surface area (Å²) in [5, 5.41) is 16.8. The first-order chi connectivity index (χ1) is 33.0. The lowest BCUT2D eigenvalue weighted by molar-refractivity contribution is -0.155. The first kappa shape index (κ1) is 49.6. The van der Waals surface area contributed by atoms with E-state index in [2.05, 4.69) is 58.1 Å². The van der Waals surface area contributed by atoms with Crippen LogP contribution in [-0.2, 0) is 59.4 Å². The number of hydrazine groups is 1. The Bertz CT molecular complexity index is 2570. The largest absolute Gasteiger partial charge is 0.508 e. The van der Waals surface area contributed by atoms with Gasteiger partial charge in [0, 0.05) is 81.0 Å². The SMILES string of the molecule is CCn1c(-c2cnccc2COC)c2c3cc(ccc31)-c1cc(O)cc(c1)CC(NC(=O)[C@H](C(C)C)N(C)C(=O)[C@H]1CCN(C(=O)CN3CCCC3)C1)C(=O)N1CCC[C@H](N1)C(=O)OCC(C)(C)C2. The molecule has 2 aromatic heterocycles. The van der Waals surface area contributed by atoms with E-state index in [1.165, 1.54) is 9.91 Å². The number of carbonyl (C=O) groups excluding carboxylic acids is 5. The Morgan fingerprint density at radius 2 is 1.80 bits per heavy atom. The second kappa shape index (κ2) is 21.0. The number of likely N-dealkylation sites (N-methyl/N-ethyl adjacent to an activating group) is 1. The summed E-state index contributed by atoms with van der Waals surface area (Å²) in [4.78, 5) is 80.7. The number of hydrogen-bond acceptors (Lipinski definition) is 11. The number of nitrogens with zero attached hydrogens (tertiary/aromatic N) is 6. The summed E-state index contributed by atoms with van der Waals surface area (Å²) in [6.45, 7) is 14.4. The molecule has 0 spiro atoms. The van der Waals surface area contributed by atoms with Gasteiger partial charge in [-0.25, -0.2) is 5.43 Å². The van der Waals surface area contributed by atoms with E-state index in [-0.39, 0.29) is 43.1 Å². The van der Waals surface area contributed by atoms with Crippen molar-refractivity contribution < 1.29 is 38.6 Å². The number of cyclic esters (lactones) is 1. The Hall–Kier alpha value is -5.84. The average Bonchev–Trinajstić information content (AvgIpc) is 4.10. The van der Waals surface area contributed by atoms with Crippen LogP contribution < -0.4 is 10.7 Å². The van der Waals surface area contributed by atoms with Crippen LogP contribution in [0.15, 0.2) is 54.9 Å². The molecule has 2 aromatic carbocycles. The molecule has 3 N–H and O–H groups in total. The van der Waals surface area contributed by atoms with Crippen LogP contribution in [0, 0.1) is 17.3 Å². The summed E-state index contributed by atoms with van der Waals surface area (Å²) in [5.41, 5.74) is 9.80. The molecule has 0 saturated carbocycles. The van der Waals surface area contributed by atoms with Crippen LogP contribution >= 0.6 is 0 Å². The van der Waals surface area contributed by atoms with Crippen LogP contribution in [0.3, 0.4) is 0 Å². The third kappa shape index (κ3) is 10.8. The van der Waals surface area contributed by atoms with Gasteiger partial charge in [-0.05, 0) is 123 Å². The highest BCUT2D eigenvalue weighted by molar-refractivity contribution is 5.96. The molecular weight excluding hydrogens is 877 g/mol. The van der Waals surface area contributed by atoms with Gasteiger partial charge in [0.15, 0.2) is 0 Å². The summed E-state index contributed by atoms with van der Waals surface area (Å²) >= 11 is 0. The number of esters is 1. The number of benzene rings is 2. The molecule has 3 saturated heterocycles. The predicted octanol–water partition coefficient (Wildman–Crippen LogP) is 5.32. The average molecular weight is 947 g/mol. The van der Waals surface area contributed by atoms with Crippen LogP contribution in [0.2, 0.25) is 0 Å². The monoisotopic (exact) mass is 947 g/mol. The van der Waals surface area contributed by atoms with Crippen molar-refractivity contribution in [1.29, 1.82) is 0 Å². The van der Waals surface area contributed by atoms with Crippen molar-refractivity contribution in [3.63, 3.8) is 0 Å². The normalized spacial score (nSPS) is 21.6. The number of ether oxygens (including phenoxy) is 2. The molecule has 4 atom stereocenters. The molecule has 6 bridgehead atoms. The van der Waals surface area contributed by atoms with Crippen LogP contribution in [-0.4, -0.2) is 142 Å². The van der Waals surface area contributed by atoms with Gasteiger partial charge in [-0.3, -0.25) is 38.9 Å². The van der Waals surface area contributed by atoms with E-state index in [0.717, 1.165) is 70.3 Å². The Morgan fingerprint density at radius 3 is 2.54 bits per heavy atom. The highest BCUT2D eigenvalue weighted by atomic mass is 16.5. The molecule has 3 fully saturated rings. The van der Waals surface area contributed by atoms with Crippen molar-refractivity contribution in [3.05, 3.63) is 71.5 Å². The lowest BCUT2D eigenvalue weighted by Gasteiger charge is -2.37. The number of pyridine rings is 1. The van der Waals surface area contributed by atoms with Gasteiger partial charge < -0.3 is 34.3 Å². The second-order valence-electron chi connectivity index (χ2n) is 20.6. The van der Waals surface area contributed by atoms with Gasteiger partial charge in [0.25, 0.3) is 5.91 Å². The van der Waals surface area contributed by atoms with Gasteiger partial charge in [-0.2, -0.15) is 0 Å². The zero-order valence-corrected chi connectivity index (χ0v) is 41.4. The van der Waals surface area contributed by atoms with E-state index in [9.17, 15) is 29.1 Å². The molecule has 370 valence electrons. The van der Waals surface area contributed by atoms with E-state index < -0.39 is 47.2 Å². The van der Waals surface area contributed by atoms with Crippen molar-refractivity contribution in [1.82, 2.24) is 40.0 Å². The second-order valence-corrected chi connectivity index (χ2v) is 20.6. The predicted molar refractivity (Wildman–Crippen MR) is 262 cm³/mol. The topological polar surface area (TPSA) is 179 Å². The molecule has 0 aliphatic carbocycles. The molecule has 8 rings (SSSR count). The zero-order chi connectivity index (χ0) is 49.1. The molecule has 16 heteroatoms. The summed E-state index contributed by atoms with van der Waals surface area (Å²) in [6, 6.07) is 10.6. The first-order valence-electron chi connectivity index (χ1n) is 24.8. The number of likely N-dealkylation sites (tertiary alicyclic amines) is 2. The number of phenolic OH excluding ortho intramolecular Hbond substituents is 1. The van der Waals surface area contributed by atoms with Crippen LogP contribution in [0.1, 0.15) is 83.4 Å². The van der Waals surface area contributed by atoms with E-state index in [4.69, 9.17) is 9.47 Å². The number of nitrogens with one attached hydrogen (secondary N) is 2. The Kier molecular flexibility index (Phi) is 15.1. The van der Waals surface area contributed by atoms with Crippen molar-refractivity contribution in [2.24, 2.45) is 17.3 Å². The van der Waals surface area contributed by atoms with E-state index in [1.54, 1.807) is 37.4 Å². The summed E-state index contributed by atoms with van der Waals surface area (Å²) in [5.74, 6) is -2.45. The third-order valence-corrected chi connectivity index (χ3v) is 14.4. The van der Waals surface area contributed by atoms with Gasteiger partial charge in [0.05, 0.1) is 31.4 Å². The zero-order valence-electron chi connectivity index (χ0n) is 41.4. The fourth-order valence-corrected chi connectivity index (χ4v) is 11.0. The highest BCUT2D eigenvalue weighted by Crippen LogP contribution is 2.41. The lowest BCUT2D eigenvalue weighted by Crippen LogP contribution is -2.62. The fraction of sp³-hybridized carbons (Fsp3) is 0.547. The van der Waals surface area contributed by atoms with Crippen LogP contribution in [0.25, 0.3) is 33.3 Å². The number of carbonyl (C=O) groups is 5. The van der Waals surface area contributed by atoms with Crippen molar-refractivity contribution in [2.75, 3.05) is 60.0 Å². The molecule has 4 aliphatic rings. The molecule has 4 aromatic rings. The maximum atomic E-state index is 14.8. The summed E-state index contributed by atoms with van der Waals surface area (Å²) in [6.07, 6.45) is 7.83. The molecule has 4 amide bonds. The fourth-order valence-electron chi connectivity index (χ4n) is 11.0. The molecule has 16 nitrogen and oxygen atoms in total. The van der Waals surface area contributed by atoms with E-state index in [0.29, 0.717) is 64.0 Å². The van der Waals surface area contributed by atoms with Gasteiger partial charge in [0.1, 0.15) is 23.9 Å². The molecule has 4 aliphatic heterocycles. The molecule has 1 unspecified atom stereocenters. The number of aromatic nitrogens is 2. The standard InChI is InChI=1S/C53H70N8O8/c1-8-60-45-14-13-35-26-40(45)41(48(60)42-28-54-17-15-37(42)31-68-7)27-53(4,5)32-69-52(67)43-12-11-20-61(56-43)51(66)44(24-34-22-38(35)25-39(62)23-34)55-49(64)47(33(2)3)57(6)50(65)36-16-21-59(29-36)46(63)30-58-18-9-10-19-58/h13-15,17,22-23,25-26,28,33,36,43-44,47,56,62H,8-12,16,18-21,24,27,29-32H2,1-7H3,(H,55,64)/t36-,43-,44?,47-/m0/s1.